The monoisotopic (exact) mass is 284 g/mol. The second kappa shape index (κ2) is 6.33. The van der Waals surface area contributed by atoms with Crippen LogP contribution in [-0.2, 0) is 9.53 Å². The second-order valence-corrected chi connectivity index (χ2v) is 3.89. The van der Waals surface area contributed by atoms with Crippen LogP contribution >= 0.6 is 15.9 Å². The van der Waals surface area contributed by atoms with Crippen LogP contribution in [-0.4, -0.2) is 19.7 Å². The summed E-state index contributed by atoms with van der Waals surface area (Å²) >= 11 is 3.36. The van der Waals surface area contributed by atoms with E-state index < -0.39 is 0 Å². The maximum atomic E-state index is 11.1. The van der Waals surface area contributed by atoms with Crippen LogP contribution in [0.4, 0.5) is 0 Å². The van der Waals surface area contributed by atoms with Crippen molar-refractivity contribution >= 4 is 28.0 Å². The summed E-state index contributed by atoms with van der Waals surface area (Å²) in [5.41, 5.74) is 0.824. The largest absolute Gasteiger partial charge is 0.496 e. The van der Waals surface area contributed by atoms with Crippen LogP contribution in [0.15, 0.2) is 28.7 Å². The van der Waals surface area contributed by atoms with Gasteiger partial charge in [0.15, 0.2) is 0 Å². The van der Waals surface area contributed by atoms with E-state index in [9.17, 15) is 4.79 Å². The molecule has 0 aromatic heterocycles. The van der Waals surface area contributed by atoms with Crippen molar-refractivity contribution in [3.8, 4) is 5.75 Å². The van der Waals surface area contributed by atoms with Crippen molar-refractivity contribution in [2.45, 2.75) is 6.92 Å². The standard InChI is InChI=1S/C12H13BrO3/c1-3-16-12(14)7-4-9-8-10(13)5-6-11(9)15-2/h4-8H,3H2,1-2H3/b7-4+. The number of rotatable bonds is 4. The number of ether oxygens (including phenoxy) is 2. The minimum absolute atomic E-state index is 0.357. The van der Waals surface area contributed by atoms with E-state index in [1.807, 2.05) is 18.2 Å². The number of carbonyl (C=O) groups is 1. The quantitative estimate of drug-likeness (QED) is 0.630. The summed E-state index contributed by atoms with van der Waals surface area (Å²) in [5.74, 6) is 0.355. The zero-order valence-corrected chi connectivity index (χ0v) is 10.8. The van der Waals surface area contributed by atoms with Crippen LogP contribution in [0, 0.1) is 0 Å². The Balaban J connectivity index is 2.86. The molecular weight excluding hydrogens is 272 g/mol. The first-order valence-corrected chi connectivity index (χ1v) is 5.65. The lowest BCUT2D eigenvalue weighted by molar-refractivity contribution is -0.137. The molecule has 0 saturated carbocycles. The molecule has 4 heteroatoms. The van der Waals surface area contributed by atoms with Gasteiger partial charge in [0.25, 0.3) is 0 Å². The zero-order chi connectivity index (χ0) is 12.0. The maximum absolute atomic E-state index is 11.1. The van der Waals surface area contributed by atoms with E-state index in [2.05, 4.69) is 15.9 Å². The second-order valence-electron chi connectivity index (χ2n) is 2.97. The van der Waals surface area contributed by atoms with E-state index >= 15 is 0 Å². The lowest BCUT2D eigenvalue weighted by Gasteiger charge is -2.04. The number of hydrogen-bond acceptors (Lipinski definition) is 3. The molecule has 16 heavy (non-hydrogen) atoms. The van der Waals surface area contributed by atoms with E-state index in [4.69, 9.17) is 9.47 Å². The van der Waals surface area contributed by atoms with Crippen LogP contribution in [0.5, 0.6) is 5.75 Å². The van der Waals surface area contributed by atoms with Gasteiger partial charge >= 0.3 is 5.97 Å². The fourth-order valence-electron chi connectivity index (χ4n) is 1.18. The number of halogens is 1. The van der Waals surface area contributed by atoms with Crippen LogP contribution in [0.3, 0.4) is 0 Å². The van der Waals surface area contributed by atoms with Gasteiger partial charge in [0.2, 0.25) is 0 Å². The number of benzene rings is 1. The summed E-state index contributed by atoms with van der Waals surface area (Å²) < 4.78 is 10.9. The topological polar surface area (TPSA) is 35.5 Å². The summed E-state index contributed by atoms with van der Waals surface area (Å²) in [5, 5.41) is 0. The van der Waals surface area contributed by atoms with Gasteiger partial charge < -0.3 is 9.47 Å². The molecule has 1 aromatic rings. The molecule has 86 valence electrons. The highest BCUT2D eigenvalue weighted by Crippen LogP contribution is 2.24. The smallest absolute Gasteiger partial charge is 0.330 e. The van der Waals surface area contributed by atoms with Crippen molar-refractivity contribution < 1.29 is 14.3 Å². The Hall–Kier alpha value is -1.29. The normalized spacial score (nSPS) is 10.4. The van der Waals surface area contributed by atoms with Gasteiger partial charge in [-0.05, 0) is 31.2 Å². The van der Waals surface area contributed by atoms with Gasteiger partial charge in [-0.25, -0.2) is 4.79 Å². The summed E-state index contributed by atoms with van der Waals surface area (Å²) in [7, 11) is 1.59. The number of carbonyl (C=O) groups excluding carboxylic acids is 1. The Morgan fingerprint density at radius 3 is 2.88 bits per heavy atom. The molecular formula is C12H13BrO3. The average molecular weight is 285 g/mol. The highest BCUT2D eigenvalue weighted by Gasteiger charge is 2.01. The summed E-state index contributed by atoms with van der Waals surface area (Å²) in [4.78, 5) is 11.1. The van der Waals surface area contributed by atoms with Gasteiger partial charge in [0, 0.05) is 16.1 Å². The van der Waals surface area contributed by atoms with Gasteiger partial charge in [-0.15, -0.1) is 0 Å². The molecule has 0 aliphatic rings. The summed E-state index contributed by atoms with van der Waals surface area (Å²) in [6.07, 6.45) is 3.05. The fourth-order valence-corrected chi connectivity index (χ4v) is 1.56. The molecule has 0 unspecified atom stereocenters. The van der Waals surface area contributed by atoms with Crippen LogP contribution in [0.1, 0.15) is 12.5 Å². The molecule has 3 nitrogen and oxygen atoms in total. The molecule has 0 aliphatic heterocycles. The molecule has 0 fully saturated rings. The Morgan fingerprint density at radius 2 is 2.25 bits per heavy atom. The van der Waals surface area contributed by atoms with Gasteiger partial charge in [-0.2, -0.15) is 0 Å². The van der Waals surface area contributed by atoms with E-state index in [-0.39, 0.29) is 5.97 Å². The number of methoxy groups -OCH3 is 1. The molecule has 0 atom stereocenters. The minimum atomic E-state index is -0.357. The van der Waals surface area contributed by atoms with E-state index in [1.54, 1.807) is 20.1 Å². The van der Waals surface area contributed by atoms with E-state index in [0.717, 1.165) is 10.0 Å². The molecule has 0 amide bonds. The van der Waals surface area contributed by atoms with Crippen molar-refractivity contribution in [3.05, 3.63) is 34.3 Å². The highest BCUT2D eigenvalue weighted by molar-refractivity contribution is 9.10. The Kier molecular flexibility index (Phi) is 5.05. The molecule has 0 bridgehead atoms. The first-order valence-electron chi connectivity index (χ1n) is 4.85. The van der Waals surface area contributed by atoms with Gasteiger partial charge in [-0.3, -0.25) is 0 Å². The van der Waals surface area contributed by atoms with Crippen molar-refractivity contribution in [3.63, 3.8) is 0 Å². The molecule has 0 heterocycles. The predicted molar refractivity (Wildman–Crippen MR) is 66.4 cm³/mol. The predicted octanol–water partition coefficient (Wildman–Crippen LogP) is 3.03. The average Bonchev–Trinajstić information content (AvgIpc) is 2.27. The van der Waals surface area contributed by atoms with E-state index in [1.165, 1.54) is 6.08 Å². The number of esters is 1. The third-order valence-electron chi connectivity index (χ3n) is 1.88. The van der Waals surface area contributed by atoms with Crippen molar-refractivity contribution in [1.82, 2.24) is 0 Å². The first kappa shape index (κ1) is 12.8. The van der Waals surface area contributed by atoms with Gasteiger partial charge in [0.05, 0.1) is 13.7 Å². The zero-order valence-electron chi connectivity index (χ0n) is 9.20. The third-order valence-corrected chi connectivity index (χ3v) is 2.37. The molecule has 1 rings (SSSR count). The lowest BCUT2D eigenvalue weighted by Crippen LogP contribution is -1.98. The van der Waals surface area contributed by atoms with Crippen LogP contribution in [0.25, 0.3) is 6.08 Å². The number of hydrogen-bond donors (Lipinski definition) is 0. The molecule has 0 spiro atoms. The highest BCUT2D eigenvalue weighted by atomic mass is 79.9. The summed E-state index contributed by atoms with van der Waals surface area (Å²) in [6.45, 7) is 2.14. The Bertz CT molecular complexity index is 399. The SMILES string of the molecule is CCOC(=O)/C=C/c1cc(Br)ccc1OC. The molecule has 0 radical (unpaired) electrons. The summed E-state index contributed by atoms with van der Waals surface area (Å²) in [6, 6.07) is 5.57. The van der Waals surface area contributed by atoms with Crippen molar-refractivity contribution in [1.29, 1.82) is 0 Å². The lowest BCUT2D eigenvalue weighted by atomic mass is 10.2. The fraction of sp³-hybridized carbons (Fsp3) is 0.250. The molecule has 0 saturated heterocycles. The molecule has 0 aliphatic carbocycles. The Morgan fingerprint density at radius 1 is 1.50 bits per heavy atom. The Labute approximate surface area is 103 Å². The van der Waals surface area contributed by atoms with Crippen molar-refractivity contribution in [2.24, 2.45) is 0 Å². The van der Waals surface area contributed by atoms with Gasteiger partial charge in [-0.1, -0.05) is 15.9 Å². The van der Waals surface area contributed by atoms with E-state index in [0.29, 0.717) is 12.4 Å². The van der Waals surface area contributed by atoms with Crippen molar-refractivity contribution in [2.75, 3.05) is 13.7 Å². The van der Waals surface area contributed by atoms with Gasteiger partial charge in [0.1, 0.15) is 5.75 Å². The maximum Gasteiger partial charge on any atom is 0.330 e. The third kappa shape index (κ3) is 3.70. The van der Waals surface area contributed by atoms with Crippen LogP contribution < -0.4 is 4.74 Å². The minimum Gasteiger partial charge on any atom is -0.496 e. The molecule has 0 N–H and O–H groups in total. The first-order chi connectivity index (χ1) is 7.67. The molecule has 1 aromatic carbocycles. The van der Waals surface area contributed by atoms with Crippen LogP contribution in [0.2, 0.25) is 0 Å².